The van der Waals surface area contributed by atoms with Crippen LogP contribution in [0.1, 0.15) is 18.4 Å². The van der Waals surface area contributed by atoms with E-state index in [9.17, 15) is 4.79 Å². The number of aromatic nitrogens is 1. The van der Waals surface area contributed by atoms with Crippen LogP contribution in [-0.4, -0.2) is 16.9 Å². The minimum atomic E-state index is -0.420. The number of hydrogen-bond donors (Lipinski definition) is 1. The van der Waals surface area contributed by atoms with Crippen molar-refractivity contribution < 1.29 is 4.79 Å². The fourth-order valence-corrected chi connectivity index (χ4v) is 2.27. The zero-order valence-corrected chi connectivity index (χ0v) is 12.7. The lowest BCUT2D eigenvalue weighted by atomic mass is 10.0. The third kappa shape index (κ3) is 4.86. The molecule has 0 fully saturated rings. The second-order valence-corrected chi connectivity index (χ2v) is 5.01. The molecule has 21 heavy (non-hydrogen) atoms. The van der Waals surface area contributed by atoms with E-state index in [1.807, 2.05) is 13.0 Å². The highest BCUT2D eigenvalue weighted by molar-refractivity contribution is 7.10. The molecule has 1 N–H and O–H groups in total. The molecule has 5 heteroatoms. The number of allylic oxidation sites excluding steroid dienone is 2. The summed E-state index contributed by atoms with van der Waals surface area (Å²) < 4.78 is 0. The molecule has 108 valence electrons. The Morgan fingerprint density at radius 2 is 2.38 bits per heavy atom. The molecule has 0 aliphatic carbocycles. The van der Waals surface area contributed by atoms with Crippen LogP contribution in [0.2, 0.25) is 0 Å². The maximum absolute atomic E-state index is 12.2. The molecule has 1 aromatic rings. The van der Waals surface area contributed by atoms with Crippen LogP contribution in [0.5, 0.6) is 0 Å². The van der Waals surface area contributed by atoms with Crippen LogP contribution in [0.4, 0.5) is 0 Å². The first-order chi connectivity index (χ1) is 10.2. The number of amides is 1. The average Bonchev–Trinajstić information content (AvgIpc) is 3.01. The van der Waals surface area contributed by atoms with Crippen molar-refractivity contribution in [2.45, 2.75) is 19.4 Å². The highest BCUT2D eigenvalue weighted by atomic mass is 32.1. The summed E-state index contributed by atoms with van der Waals surface area (Å²) in [4.78, 5) is 16.2. The highest BCUT2D eigenvalue weighted by Gasteiger charge is 2.16. The number of carbonyl (C=O) groups is 1. The Balaban J connectivity index is 2.91. The Hall–Kier alpha value is -2.45. The lowest BCUT2D eigenvalue weighted by Crippen LogP contribution is -2.36. The van der Waals surface area contributed by atoms with E-state index in [2.05, 4.69) is 23.5 Å². The summed E-state index contributed by atoms with van der Waals surface area (Å²) >= 11 is 1.37. The van der Waals surface area contributed by atoms with Crippen molar-refractivity contribution >= 4 is 23.3 Å². The zero-order chi connectivity index (χ0) is 15.7. The third-order valence-corrected chi connectivity index (χ3v) is 3.47. The molecule has 0 saturated heterocycles. The van der Waals surface area contributed by atoms with Gasteiger partial charge < -0.3 is 5.32 Å². The van der Waals surface area contributed by atoms with E-state index in [0.29, 0.717) is 11.4 Å². The molecule has 0 bridgehead atoms. The third-order valence-electron chi connectivity index (χ3n) is 2.75. The number of nitriles is 1. The van der Waals surface area contributed by atoms with Gasteiger partial charge >= 0.3 is 0 Å². The van der Waals surface area contributed by atoms with Crippen molar-refractivity contribution in [1.29, 1.82) is 5.26 Å². The second-order valence-electron chi connectivity index (χ2n) is 4.08. The standard InChI is InChI=1S/C16H17N3OS/c1-4-7-12(5-2)14(6-3)19-16(20)13(11-17)10-15-18-8-9-21-15/h4-5,7-10,14H,1-2,6H2,3H3,(H,19,20)/b12-7+,13-10+. The molecular weight excluding hydrogens is 282 g/mol. The van der Waals surface area contributed by atoms with Crippen LogP contribution in [0, 0.1) is 11.3 Å². The van der Waals surface area contributed by atoms with Gasteiger partial charge in [-0.3, -0.25) is 4.79 Å². The first kappa shape index (κ1) is 16.6. The van der Waals surface area contributed by atoms with Gasteiger partial charge in [0.25, 0.3) is 5.91 Å². The Kier molecular flexibility index (Phi) is 6.85. The molecule has 1 amide bonds. The van der Waals surface area contributed by atoms with Gasteiger partial charge in [0.15, 0.2) is 0 Å². The van der Waals surface area contributed by atoms with E-state index in [-0.39, 0.29) is 11.6 Å². The fraction of sp³-hybridized carbons (Fsp3) is 0.188. The van der Waals surface area contributed by atoms with E-state index >= 15 is 0 Å². The molecule has 0 radical (unpaired) electrons. The summed E-state index contributed by atoms with van der Waals surface area (Å²) in [5.41, 5.74) is 0.887. The molecule has 4 nitrogen and oxygen atoms in total. The smallest absolute Gasteiger partial charge is 0.262 e. The molecule has 1 heterocycles. The normalized spacial score (nSPS) is 13.1. The molecule has 0 aromatic carbocycles. The second kappa shape index (κ2) is 8.67. The van der Waals surface area contributed by atoms with Crippen molar-refractivity contribution in [1.82, 2.24) is 10.3 Å². The maximum Gasteiger partial charge on any atom is 0.262 e. The van der Waals surface area contributed by atoms with Gasteiger partial charge in [0.2, 0.25) is 0 Å². The Labute approximate surface area is 128 Å². The van der Waals surface area contributed by atoms with E-state index in [1.165, 1.54) is 17.4 Å². The summed E-state index contributed by atoms with van der Waals surface area (Å²) in [6.07, 6.45) is 8.90. The molecule has 0 aliphatic heterocycles. The quantitative estimate of drug-likeness (QED) is 0.477. The van der Waals surface area contributed by atoms with E-state index in [1.54, 1.807) is 29.8 Å². The van der Waals surface area contributed by atoms with Crippen molar-refractivity contribution in [3.8, 4) is 6.07 Å². The molecule has 1 atom stereocenters. The monoisotopic (exact) mass is 299 g/mol. The molecule has 0 spiro atoms. The summed E-state index contributed by atoms with van der Waals surface area (Å²) in [5, 5.41) is 14.4. The summed E-state index contributed by atoms with van der Waals surface area (Å²) in [6, 6.07) is 1.70. The summed E-state index contributed by atoms with van der Waals surface area (Å²) in [6.45, 7) is 9.31. The number of rotatable bonds is 7. The Morgan fingerprint density at radius 1 is 1.62 bits per heavy atom. The topological polar surface area (TPSA) is 65.8 Å². The van der Waals surface area contributed by atoms with Crippen molar-refractivity contribution in [3.63, 3.8) is 0 Å². The summed E-state index contributed by atoms with van der Waals surface area (Å²) in [7, 11) is 0. The number of thiazole rings is 1. The largest absolute Gasteiger partial charge is 0.345 e. The van der Waals surface area contributed by atoms with Crippen LogP contribution < -0.4 is 5.32 Å². The van der Waals surface area contributed by atoms with Crippen molar-refractivity contribution in [2.24, 2.45) is 0 Å². The lowest BCUT2D eigenvalue weighted by molar-refractivity contribution is -0.117. The molecule has 1 unspecified atom stereocenters. The van der Waals surface area contributed by atoms with Gasteiger partial charge in [0, 0.05) is 11.6 Å². The predicted octanol–water partition coefficient (Wildman–Crippen LogP) is 3.24. The lowest BCUT2D eigenvalue weighted by Gasteiger charge is -2.17. The zero-order valence-electron chi connectivity index (χ0n) is 11.9. The number of nitrogens with one attached hydrogen (secondary N) is 1. The Bertz CT molecular complexity index is 606. The van der Waals surface area contributed by atoms with Gasteiger partial charge in [-0.2, -0.15) is 5.26 Å². The summed E-state index contributed by atoms with van der Waals surface area (Å²) in [5.74, 6) is -0.420. The number of carbonyl (C=O) groups excluding carboxylic acids is 1. The highest BCUT2D eigenvalue weighted by Crippen LogP contribution is 2.12. The molecule has 1 rings (SSSR count). The Morgan fingerprint density at radius 3 is 2.86 bits per heavy atom. The molecular formula is C16H17N3OS. The average molecular weight is 299 g/mol. The van der Waals surface area contributed by atoms with Gasteiger partial charge in [-0.1, -0.05) is 38.3 Å². The van der Waals surface area contributed by atoms with E-state index in [0.717, 1.165) is 5.57 Å². The van der Waals surface area contributed by atoms with Gasteiger partial charge in [0.1, 0.15) is 16.6 Å². The minimum absolute atomic E-state index is 0.0328. The van der Waals surface area contributed by atoms with Crippen LogP contribution in [0.25, 0.3) is 6.08 Å². The van der Waals surface area contributed by atoms with Crippen LogP contribution >= 0.6 is 11.3 Å². The minimum Gasteiger partial charge on any atom is -0.345 e. The van der Waals surface area contributed by atoms with Gasteiger partial charge in [-0.25, -0.2) is 4.98 Å². The number of nitrogens with zero attached hydrogens (tertiary/aromatic N) is 2. The van der Waals surface area contributed by atoms with Crippen LogP contribution in [0.3, 0.4) is 0 Å². The van der Waals surface area contributed by atoms with Gasteiger partial charge in [0.05, 0.1) is 6.04 Å². The van der Waals surface area contributed by atoms with Crippen LogP contribution in [0.15, 0.2) is 54.1 Å². The van der Waals surface area contributed by atoms with Gasteiger partial charge in [-0.05, 0) is 18.1 Å². The van der Waals surface area contributed by atoms with Crippen molar-refractivity contribution in [2.75, 3.05) is 0 Å². The van der Waals surface area contributed by atoms with Crippen molar-refractivity contribution in [3.05, 3.63) is 59.1 Å². The first-order valence-corrected chi connectivity index (χ1v) is 7.31. The maximum atomic E-state index is 12.2. The molecule has 0 saturated carbocycles. The number of hydrogen-bond acceptors (Lipinski definition) is 4. The van der Waals surface area contributed by atoms with Crippen LogP contribution in [-0.2, 0) is 4.79 Å². The van der Waals surface area contributed by atoms with E-state index in [4.69, 9.17) is 5.26 Å². The molecule has 1 aromatic heterocycles. The fourth-order valence-electron chi connectivity index (χ4n) is 1.70. The van der Waals surface area contributed by atoms with Gasteiger partial charge in [-0.15, -0.1) is 11.3 Å². The molecule has 0 aliphatic rings. The predicted molar refractivity (Wildman–Crippen MR) is 86.4 cm³/mol. The SMILES string of the molecule is C=C/C=C(\C=C)C(CC)NC(=O)/C(C#N)=C/c1nccs1. The first-order valence-electron chi connectivity index (χ1n) is 6.43. The van der Waals surface area contributed by atoms with E-state index < -0.39 is 5.91 Å².